The highest BCUT2D eigenvalue weighted by molar-refractivity contribution is 7.92. The molecule has 0 amide bonds. The minimum atomic E-state index is -3.66. The van der Waals surface area contributed by atoms with Crippen LogP contribution >= 0.6 is 0 Å². The van der Waals surface area contributed by atoms with Crippen molar-refractivity contribution in [2.45, 2.75) is 44.0 Å². The first-order valence-electron chi connectivity index (χ1n) is 7.55. The second-order valence-electron chi connectivity index (χ2n) is 5.69. The summed E-state index contributed by atoms with van der Waals surface area (Å²) in [5.74, 6) is 0.387. The second-order valence-corrected chi connectivity index (χ2v) is 7.37. The van der Waals surface area contributed by atoms with E-state index < -0.39 is 10.0 Å². The van der Waals surface area contributed by atoms with Gasteiger partial charge < -0.3 is 0 Å². The van der Waals surface area contributed by atoms with Crippen LogP contribution in [-0.2, 0) is 29.4 Å². The van der Waals surface area contributed by atoms with Crippen molar-refractivity contribution < 1.29 is 8.42 Å². The Labute approximate surface area is 135 Å². The molecule has 1 aliphatic carbocycles. The molecule has 3 rings (SSSR count). The van der Waals surface area contributed by atoms with Crippen LogP contribution in [0.2, 0.25) is 0 Å². The van der Waals surface area contributed by atoms with E-state index in [1.165, 1.54) is 10.2 Å². The highest BCUT2D eigenvalue weighted by atomic mass is 32.2. The van der Waals surface area contributed by atoms with Gasteiger partial charge in [-0.1, -0.05) is 6.07 Å². The maximum absolute atomic E-state index is 12.6. The monoisotopic (exact) mass is 330 g/mol. The van der Waals surface area contributed by atoms with Gasteiger partial charge in [0.05, 0.1) is 29.6 Å². The van der Waals surface area contributed by atoms with Crippen LogP contribution in [0.15, 0.2) is 29.2 Å². The Balaban J connectivity index is 1.88. The fourth-order valence-corrected chi connectivity index (χ4v) is 3.97. The van der Waals surface area contributed by atoms with Crippen molar-refractivity contribution in [2.24, 2.45) is 0 Å². The number of nitrogens with one attached hydrogen (secondary N) is 1. The third kappa shape index (κ3) is 3.22. The summed E-state index contributed by atoms with van der Waals surface area (Å²) in [5, 5.41) is 12.9. The molecular formula is C16H18N4O2S. The van der Waals surface area contributed by atoms with Crippen molar-refractivity contribution >= 4 is 15.8 Å². The van der Waals surface area contributed by atoms with Crippen LogP contribution in [-0.4, -0.2) is 18.2 Å². The van der Waals surface area contributed by atoms with Crippen LogP contribution in [0.4, 0.5) is 5.82 Å². The molecular weight excluding hydrogens is 312 g/mol. The number of aryl methyl sites for hydroxylation is 4. The van der Waals surface area contributed by atoms with Gasteiger partial charge in [0.2, 0.25) is 0 Å². The molecule has 0 saturated heterocycles. The summed E-state index contributed by atoms with van der Waals surface area (Å²) >= 11 is 0. The summed E-state index contributed by atoms with van der Waals surface area (Å²) in [6.45, 7) is 2.14. The van der Waals surface area contributed by atoms with E-state index in [-0.39, 0.29) is 11.3 Å². The van der Waals surface area contributed by atoms with Gasteiger partial charge in [-0.15, -0.1) is 0 Å². The van der Waals surface area contributed by atoms with Crippen LogP contribution in [0.5, 0.6) is 0 Å². The van der Waals surface area contributed by atoms with Gasteiger partial charge in [0.15, 0.2) is 0 Å². The Morgan fingerprint density at radius 3 is 2.87 bits per heavy atom. The molecule has 0 fully saturated rings. The number of sulfonamides is 1. The van der Waals surface area contributed by atoms with Gasteiger partial charge in [-0.05, 0) is 49.4 Å². The SMILES string of the molecule is Cc1cc(NS(=O)(=O)c2ccc3c(c2)CCC3)n(CCC#N)n1. The molecule has 0 saturated carbocycles. The Bertz CT molecular complexity index is 878. The van der Waals surface area contributed by atoms with Crippen LogP contribution in [0.1, 0.15) is 29.7 Å². The van der Waals surface area contributed by atoms with Gasteiger partial charge in [0.25, 0.3) is 10.0 Å². The molecule has 23 heavy (non-hydrogen) atoms. The quantitative estimate of drug-likeness (QED) is 0.912. The number of hydrogen-bond donors (Lipinski definition) is 1. The average molecular weight is 330 g/mol. The standard InChI is InChI=1S/C16H18N4O2S/c1-12-10-16(20(18-12)9-3-8-17)19-23(21,22)15-7-6-13-4-2-5-14(13)11-15/h6-7,10-11,19H,2-5,9H2,1H3. The van der Waals surface area contributed by atoms with Gasteiger partial charge in [-0.3, -0.25) is 4.72 Å². The largest absolute Gasteiger partial charge is 0.264 e. The molecule has 0 spiro atoms. The van der Waals surface area contributed by atoms with Gasteiger partial charge in [0, 0.05) is 6.07 Å². The van der Waals surface area contributed by atoms with Crippen molar-refractivity contribution in [1.82, 2.24) is 9.78 Å². The number of nitriles is 1. The van der Waals surface area contributed by atoms with Crippen LogP contribution in [0, 0.1) is 18.3 Å². The molecule has 6 nitrogen and oxygen atoms in total. The van der Waals surface area contributed by atoms with Crippen LogP contribution in [0.25, 0.3) is 0 Å². The summed E-state index contributed by atoms with van der Waals surface area (Å²) in [6, 6.07) is 9.01. The van der Waals surface area contributed by atoms with Crippen LogP contribution in [0.3, 0.4) is 0 Å². The molecule has 1 aliphatic rings. The zero-order chi connectivity index (χ0) is 16.4. The number of benzene rings is 1. The zero-order valence-electron chi connectivity index (χ0n) is 12.9. The maximum Gasteiger partial charge on any atom is 0.263 e. The Morgan fingerprint density at radius 1 is 1.30 bits per heavy atom. The van der Waals surface area contributed by atoms with E-state index in [0.717, 1.165) is 24.8 Å². The minimum absolute atomic E-state index is 0.267. The van der Waals surface area contributed by atoms with Gasteiger partial charge >= 0.3 is 0 Å². The highest BCUT2D eigenvalue weighted by Gasteiger charge is 2.20. The minimum Gasteiger partial charge on any atom is -0.264 e. The number of rotatable bonds is 5. The first-order chi connectivity index (χ1) is 11.0. The van der Waals surface area contributed by atoms with Gasteiger partial charge in [0.1, 0.15) is 5.82 Å². The van der Waals surface area contributed by atoms with E-state index >= 15 is 0 Å². The summed E-state index contributed by atoms with van der Waals surface area (Å²) < 4.78 is 29.3. The van der Waals surface area contributed by atoms with E-state index in [4.69, 9.17) is 5.26 Å². The van der Waals surface area contributed by atoms with Crippen molar-refractivity contribution in [3.8, 4) is 6.07 Å². The van der Waals surface area contributed by atoms with E-state index in [1.807, 2.05) is 12.1 Å². The third-order valence-corrected chi connectivity index (χ3v) is 5.31. The zero-order valence-corrected chi connectivity index (χ0v) is 13.7. The number of fused-ring (bicyclic) bond motifs is 1. The predicted molar refractivity (Wildman–Crippen MR) is 86.5 cm³/mol. The smallest absolute Gasteiger partial charge is 0.263 e. The molecule has 120 valence electrons. The molecule has 0 radical (unpaired) electrons. The van der Waals surface area contributed by atoms with Crippen LogP contribution < -0.4 is 4.72 Å². The van der Waals surface area contributed by atoms with E-state index in [2.05, 4.69) is 9.82 Å². The third-order valence-electron chi connectivity index (χ3n) is 3.96. The molecule has 2 aromatic rings. The summed E-state index contributed by atoms with van der Waals surface area (Å²) in [6.07, 6.45) is 3.29. The lowest BCUT2D eigenvalue weighted by Gasteiger charge is -2.11. The molecule has 0 aliphatic heterocycles. The molecule has 1 aromatic heterocycles. The Hall–Kier alpha value is -2.33. The molecule has 1 aromatic carbocycles. The summed E-state index contributed by atoms with van der Waals surface area (Å²) in [5.41, 5.74) is 3.05. The number of anilines is 1. The van der Waals surface area contributed by atoms with Crippen molar-refractivity contribution in [2.75, 3.05) is 4.72 Å². The Kier molecular flexibility index (Phi) is 4.09. The molecule has 7 heteroatoms. The molecule has 0 atom stereocenters. The van der Waals surface area contributed by atoms with Gasteiger partial charge in [-0.2, -0.15) is 10.4 Å². The molecule has 0 unspecified atom stereocenters. The maximum atomic E-state index is 12.6. The molecule has 0 bridgehead atoms. The average Bonchev–Trinajstić information content (AvgIpc) is 3.10. The summed E-state index contributed by atoms with van der Waals surface area (Å²) in [4.78, 5) is 0.267. The van der Waals surface area contributed by atoms with E-state index in [9.17, 15) is 8.42 Å². The predicted octanol–water partition coefficient (Wildman–Crippen LogP) is 2.39. The molecule has 1 N–H and O–H groups in total. The van der Waals surface area contributed by atoms with Crippen molar-refractivity contribution in [3.05, 3.63) is 41.1 Å². The fraction of sp³-hybridized carbons (Fsp3) is 0.375. The second kappa shape index (κ2) is 6.05. The Morgan fingerprint density at radius 2 is 2.09 bits per heavy atom. The van der Waals surface area contributed by atoms with Crippen molar-refractivity contribution in [3.63, 3.8) is 0 Å². The van der Waals surface area contributed by atoms with Crippen molar-refractivity contribution in [1.29, 1.82) is 5.26 Å². The topological polar surface area (TPSA) is 87.8 Å². The van der Waals surface area contributed by atoms with E-state index in [1.54, 1.807) is 25.1 Å². The normalized spacial score (nSPS) is 13.6. The number of hydrogen-bond acceptors (Lipinski definition) is 4. The molecule has 1 heterocycles. The summed E-state index contributed by atoms with van der Waals surface area (Å²) in [7, 11) is -3.66. The number of nitrogens with zero attached hydrogens (tertiary/aromatic N) is 3. The van der Waals surface area contributed by atoms with E-state index in [0.29, 0.717) is 18.1 Å². The number of aromatic nitrogens is 2. The first-order valence-corrected chi connectivity index (χ1v) is 9.04. The lowest BCUT2D eigenvalue weighted by atomic mass is 10.1. The highest BCUT2D eigenvalue weighted by Crippen LogP contribution is 2.26. The fourth-order valence-electron chi connectivity index (χ4n) is 2.87. The first kappa shape index (κ1) is 15.6. The lowest BCUT2D eigenvalue weighted by Crippen LogP contribution is -2.16. The van der Waals surface area contributed by atoms with Gasteiger partial charge in [-0.25, -0.2) is 13.1 Å². The lowest BCUT2D eigenvalue weighted by molar-refractivity contribution is 0.597.